The largest absolute Gasteiger partial charge is 0.465 e. The molecule has 0 aliphatic carbocycles. The molecule has 2 rings (SSSR count). The van der Waals surface area contributed by atoms with Crippen molar-refractivity contribution in [1.82, 2.24) is 35.4 Å². The second-order valence-corrected chi connectivity index (χ2v) is 8.93. The molecule has 2 heterocycles. The molecule has 2 aliphatic rings. The lowest BCUT2D eigenvalue weighted by Crippen LogP contribution is -2.68. The van der Waals surface area contributed by atoms with Crippen molar-refractivity contribution in [3.63, 3.8) is 0 Å². The number of imide groups is 1. The Labute approximate surface area is 180 Å². The van der Waals surface area contributed by atoms with Crippen molar-refractivity contribution < 1.29 is 47.0 Å². The van der Waals surface area contributed by atoms with Crippen LogP contribution in [0.4, 0.5) is 19.2 Å². The van der Waals surface area contributed by atoms with Crippen LogP contribution in [0.15, 0.2) is 0 Å². The maximum absolute atomic E-state index is 12.3. The van der Waals surface area contributed by atoms with Gasteiger partial charge in [0.05, 0.1) is 13.1 Å². The van der Waals surface area contributed by atoms with E-state index in [9.17, 15) is 37.2 Å². The summed E-state index contributed by atoms with van der Waals surface area (Å²) in [6.45, 7) is 3.86. The summed E-state index contributed by atoms with van der Waals surface area (Å²) in [6, 6.07) is -5.07. The number of carboxylic acid groups (broad SMARTS) is 1. The maximum atomic E-state index is 12.3. The number of β-lactam (4-membered cyclic amide) rings is 1. The van der Waals surface area contributed by atoms with Crippen LogP contribution in [-0.2, 0) is 24.5 Å². The van der Waals surface area contributed by atoms with Gasteiger partial charge in [0, 0.05) is 0 Å². The lowest BCUT2D eigenvalue weighted by atomic mass is 10.1. The van der Waals surface area contributed by atoms with Gasteiger partial charge in [0.15, 0.2) is 6.04 Å². The molecule has 8 amide bonds. The van der Waals surface area contributed by atoms with Crippen LogP contribution in [0.5, 0.6) is 0 Å². The number of hydrazine groups is 1. The molecule has 32 heavy (non-hydrogen) atoms. The van der Waals surface area contributed by atoms with Gasteiger partial charge >= 0.3 is 34.5 Å². The number of nitrogens with one attached hydrogen (secondary N) is 5. The Kier molecular flexibility index (Phi) is 6.67. The van der Waals surface area contributed by atoms with Gasteiger partial charge in [-0.3, -0.25) is 14.5 Å². The summed E-state index contributed by atoms with van der Waals surface area (Å²) in [4.78, 5) is 70.6. The van der Waals surface area contributed by atoms with Gasteiger partial charge in [-0.25, -0.2) is 39.1 Å². The molecule has 0 aromatic rings. The highest BCUT2D eigenvalue weighted by Crippen LogP contribution is 2.11. The fourth-order valence-corrected chi connectivity index (χ4v) is 3.29. The standard InChI is InChI=1S/C14H21N7O10S/c1-14(2,3)31-13(28)17-21-7(4-15-10(21)24)8(22)18-32(29,30)19-11(25)20-5-6(9(20)23)16-12(26)27/h6-7,16H,4-5H2,1-3H3,(H,15,24)(H,17,28)(H,18,22)(H,19,25)(H,26,27)/t6?,7-/m0/s1. The summed E-state index contributed by atoms with van der Waals surface area (Å²) >= 11 is 0. The minimum atomic E-state index is -4.84. The Morgan fingerprint density at radius 1 is 1.16 bits per heavy atom. The molecule has 17 nitrogen and oxygen atoms in total. The zero-order chi connectivity index (χ0) is 24.4. The monoisotopic (exact) mass is 479 g/mol. The average Bonchev–Trinajstić information content (AvgIpc) is 2.95. The first-order chi connectivity index (χ1) is 14.6. The van der Waals surface area contributed by atoms with Crippen LogP contribution < -0.4 is 25.5 Å². The van der Waals surface area contributed by atoms with Crippen molar-refractivity contribution in [3.8, 4) is 0 Å². The van der Waals surface area contributed by atoms with E-state index in [4.69, 9.17) is 9.84 Å². The van der Waals surface area contributed by atoms with E-state index in [0.717, 1.165) is 0 Å². The molecule has 0 aromatic heterocycles. The van der Waals surface area contributed by atoms with E-state index in [-0.39, 0.29) is 6.54 Å². The summed E-state index contributed by atoms with van der Waals surface area (Å²) in [7, 11) is -4.84. The molecular formula is C14H21N7O10S. The Bertz CT molecular complexity index is 959. The van der Waals surface area contributed by atoms with Gasteiger partial charge in [0.1, 0.15) is 11.6 Å². The van der Waals surface area contributed by atoms with Crippen molar-refractivity contribution >= 4 is 46.3 Å². The minimum Gasteiger partial charge on any atom is -0.465 e. The quantitative estimate of drug-likeness (QED) is 0.224. The topological polar surface area (TPSA) is 233 Å². The number of urea groups is 2. The second kappa shape index (κ2) is 8.73. The van der Waals surface area contributed by atoms with Crippen molar-refractivity contribution in [2.24, 2.45) is 0 Å². The first-order valence-corrected chi connectivity index (χ1v) is 10.3. The zero-order valence-corrected chi connectivity index (χ0v) is 17.8. The van der Waals surface area contributed by atoms with Crippen LogP contribution >= 0.6 is 0 Å². The van der Waals surface area contributed by atoms with Crippen molar-refractivity contribution in [2.45, 2.75) is 38.5 Å². The molecular weight excluding hydrogens is 458 g/mol. The molecule has 2 saturated heterocycles. The number of rotatable bonds is 5. The zero-order valence-electron chi connectivity index (χ0n) is 17.0. The van der Waals surface area contributed by atoms with Crippen molar-refractivity contribution in [1.29, 1.82) is 0 Å². The summed E-state index contributed by atoms with van der Waals surface area (Å²) < 4.78 is 32.0. The number of likely N-dealkylation sites (tertiary alicyclic amines) is 1. The van der Waals surface area contributed by atoms with E-state index in [2.05, 4.69) is 5.32 Å². The van der Waals surface area contributed by atoms with Crippen LogP contribution in [0.1, 0.15) is 20.8 Å². The third-order valence-electron chi connectivity index (χ3n) is 3.82. The summed E-state index contributed by atoms with van der Waals surface area (Å²) in [6.07, 6.45) is -2.59. The molecule has 0 aromatic carbocycles. The van der Waals surface area contributed by atoms with Gasteiger partial charge < -0.3 is 20.5 Å². The number of carbonyl (C=O) groups is 6. The molecule has 2 aliphatic heterocycles. The molecule has 18 heteroatoms. The summed E-state index contributed by atoms with van der Waals surface area (Å²) in [5, 5.41) is 13.1. The molecule has 1 unspecified atom stereocenters. The normalized spacial score (nSPS) is 20.6. The van der Waals surface area contributed by atoms with E-state index in [1.807, 2.05) is 10.7 Å². The van der Waals surface area contributed by atoms with Gasteiger partial charge in [-0.2, -0.15) is 8.42 Å². The Balaban J connectivity index is 1.95. The molecule has 0 radical (unpaired) electrons. The van der Waals surface area contributed by atoms with Crippen LogP contribution in [0.25, 0.3) is 0 Å². The van der Waals surface area contributed by atoms with E-state index < -0.39 is 70.5 Å². The average molecular weight is 479 g/mol. The first kappa shape index (κ1) is 24.4. The summed E-state index contributed by atoms with van der Waals surface area (Å²) in [5.74, 6) is -2.29. The first-order valence-electron chi connectivity index (χ1n) is 8.85. The predicted molar refractivity (Wildman–Crippen MR) is 101 cm³/mol. The highest BCUT2D eigenvalue weighted by atomic mass is 32.2. The number of nitrogens with zero attached hydrogens (tertiary/aromatic N) is 2. The number of hydrogen-bond donors (Lipinski definition) is 6. The third-order valence-corrected chi connectivity index (χ3v) is 4.73. The smallest absolute Gasteiger partial charge is 0.426 e. The minimum absolute atomic E-state index is 0.378. The molecule has 6 N–H and O–H groups in total. The fourth-order valence-electron chi connectivity index (χ4n) is 2.50. The van der Waals surface area contributed by atoms with Crippen LogP contribution in [-0.4, -0.2) is 90.3 Å². The van der Waals surface area contributed by atoms with Gasteiger partial charge in [-0.05, 0) is 20.8 Å². The van der Waals surface area contributed by atoms with E-state index >= 15 is 0 Å². The molecule has 178 valence electrons. The lowest BCUT2D eigenvalue weighted by Gasteiger charge is -2.35. The van der Waals surface area contributed by atoms with Crippen molar-refractivity contribution in [2.75, 3.05) is 13.1 Å². The van der Waals surface area contributed by atoms with Gasteiger partial charge in [0.25, 0.3) is 11.8 Å². The maximum Gasteiger partial charge on any atom is 0.426 e. The predicted octanol–water partition coefficient (Wildman–Crippen LogP) is -2.63. The van der Waals surface area contributed by atoms with E-state index in [0.29, 0.717) is 9.91 Å². The highest BCUT2D eigenvalue weighted by molar-refractivity contribution is 7.88. The Morgan fingerprint density at radius 2 is 1.78 bits per heavy atom. The molecule has 2 fully saturated rings. The van der Waals surface area contributed by atoms with E-state index in [1.54, 1.807) is 20.8 Å². The number of ether oxygens (including phenoxy) is 1. The third kappa shape index (κ3) is 6.09. The van der Waals surface area contributed by atoms with Crippen LogP contribution in [0, 0.1) is 0 Å². The summed E-state index contributed by atoms with van der Waals surface area (Å²) in [5.41, 5.74) is 1.10. The Hall–Kier alpha value is -3.83. The van der Waals surface area contributed by atoms with Crippen molar-refractivity contribution in [3.05, 3.63) is 0 Å². The van der Waals surface area contributed by atoms with Gasteiger partial charge in [-0.1, -0.05) is 0 Å². The highest BCUT2D eigenvalue weighted by Gasteiger charge is 2.44. The number of hydrogen-bond acceptors (Lipinski definition) is 9. The number of carbonyl (C=O) groups excluding carboxylic acids is 5. The molecule has 0 bridgehead atoms. The van der Waals surface area contributed by atoms with Gasteiger partial charge in [-0.15, -0.1) is 0 Å². The molecule has 2 atom stereocenters. The fraction of sp³-hybridized carbons (Fsp3) is 0.571. The molecule has 0 spiro atoms. The molecule has 0 saturated carbocycles. The second-order valence-electron chi connectivity index (χ2n) is 7.51. The van der Waals surface area contributed by atoms with E-state index in [1.165, 1.54) is 9.44 Å². The Morgan fingerprint density at radius 3 is 2.31 bits per heavy atom. The SMILES string of the molecule is CC(C)(C)OC(=O)NN1C(=O)NC[C@H]1C(=O)NS(=O)(=O)NC(=O)N1CC(NC(=O)O)C1=O. The lowest BCUT2D eigenvalue weighted by molar-refractivity contribution is -0.139. The van der Waals surface area contributed by atoms with Gasteiger partial charge in [0.2, 0.25) is 0 Å². The van der Waals surface area contributed by atoms with Crippen LogP contribution in [0.3, 0.4) is 0 Å². The number of amides is 8. The van der Waals surface area contributed by atoms with Crippen LogP contribution in [0.2, 0.25) is 0 Å².